The van der Waals surface area contributed by atoms with E-state index >= 15 is 0 Å². The number of nitrogens with one attached hydrogen (secondary N) is 1. The van der Waals surface area contributed by atoms with Gasteiger partial charge in [0.15, 0.2) is 0 Å². The van der Waals surface area contributed by atoms with Gasteiger partial charge in [0.1, 0.15) is 0 Å². The minimum Gasteiger partial charge on any atom is -0.373 e. The lowest BCUT2D eigenvalue weighted by Gasteiger charge is -2.07. The van der Waals surface area contributed by atoms with E-state index in [1.807, 2.05) is 19.9 Å². The molecular formula is C7H12N2O. The molecular weight excluding hydrogens is 128 g/mol. The summed E-state index contributed by atoms with van der Waals surface area (Å²) in [4.78, 5) is 0. The number of aromatic amines is 1. The second-order valence-electron chi connectivity index (χ2n) is 2.11. The number of aromatic nitrogens is 2. The molecule has 1 atom stereocenters. The van der Waals surface area contributed by atoms with E-state index in [2.05, 4.69) is 10.2 Å². The van der Waals surface area contributed by atoms with E-state index in [0.29, 0.717) is 0 Å². The zero-order chi connectivity index (χ0) is 7.40. The van der Waals surface area contributed by atoms with Gasteiger partial charge in [0.2, 0.25) is 0 Å². The highest BCUT2D eigenvalue weighted by atomic mass is 16.5. The predicted molar refractivity (Wildman–Crippen MR) is 38.6 cm³/mol. The van der Waals surface area contributed by atoms with Crippen LogP contribution in [0, 0.1) is 0 Å². The summed E-state index contributed by atoms with van der Waals surface area (Å²) in [6.45, 7) is 4.71. The number of H-pyrrole nitrogens is 1. The summed E-state index contributed by atoms with van der Waals surface area (Å²) in [5.74, 6) is 0. The Morgan fingerprint density at radius 1 is 1.80 bits per heavy atom. The van der Waals surface area contributed by atoms with Crippen LogP contribution in [0.1, 0.15) is 25.6 Å². The quantitative estimate of drug-likeness (QED) is 0.691. The van der Waals surface area contributed by atoms with Crippen molar-refractivity contribution >= 4 is 0 Å². The smallest absolute Gasteiger partial charge is 0.0960 e. The van der Waals surface area contributed by atoms with E-state index < -0.39 is 0 Å². The van der Waals surface area contributed by atoms with Gasteiger partial charge in [-0.2, -0.15) is 5.10 Å². The van der Waals surface area contributed by atoms with Crippen molar-refractivity contribution in [1.29, 1.82) is 0 Å². The monoisotopic (exact) mass is 140 g/mol. The molecule has 1 unspecified atom stereocenters. The van der Waals surface area contributed by atoms with Crippen LogP contribution < -0.4 is 0 Å². The van der Waals surface area contributed by atoms with Crippen LogP contribution in [-0.2, 0) is 4.74 Å². The molecule has 0 spiro atoms. The van der Waals surface area contributed by atoms with Gasteiger partial charge in [-0.15, -0.1) is 0 Å². The van der Waals surface area contributed by atoms with Gasteiger partial charge in [-0.1, -0.05) is 0 Å². The molecule has 0 aliphatic heterocycles. The maximum Gasteiger partial charge on any atom is 0.0960 e. The van der Waals surface area contributed by atoms with E-state index in [1.54, 1.807) is 6.20 Å². The van der Waals surface area contributed by atoms with Crippen LogP contribution in [-0.4, -0.2) is 16.8 Å². The van der Waals surface area contributed by atoms with E-state index in [1.165, 1.54) is 0 Å². The van der Waals surface area contributed by atoms with Gasteiger partial charge in [0.25, 0.3) is 0 Å². The minimum absolute atomic E-state index is 0.132. The molecule has 1 heterocycles. The van der Waals surface area contributed by atoms with Crippen LogP contribution >= 0.6 is 0 Å². The van der Waals surface area contributed by atoms with Gasteiger partial charge in [0, 0.05) is 12.8 Å². The first-order valence-corrected chi connectivity index (χ1v) is 3.45. The van der Waals surface area contributed by atoms with Crippen molar-refractivity contribution < 1.29 is 4.74 Å². The van der Waals surface area contributed by atoms with Crippen molar-refractivity contribution in [3.8, 4) is 0 Å². The number of ether oxygens (including phenoxy) is 1. The second-order valence-corrected chi connectivity index (χ2v) is 2.11. The highest BCUT2D eigenvalue weighted by Gasteiger charge is 2.03. The molecule has 0 saturated carbocycles. The van der Waals surface area contributed by atoms with Crippen LogP contribution in [0.2, 0.25) is 0 Å². The van der Waals surface area contributed by atoms with Gasteiger partial charge in [-0.05, 0) is 19.9 Å². The zero-order valence-electron chi connectivity index (χ0n) is 6.29. The SMILES string of the molecule is CCOC(C)c1ccn[nH]1. The number of hydrogen-bond donors (Lipinski definition) is 1. The van der Waals surface area contributed by atoms with Crippen molar-refractivity contribution in [1.82, 2.24) is 10.2 Å². The fourth-order valence-electron chi connectivity index (χ4n) is 0.833. The average Bonchev–Trinajstić information content (AvgIpc) is 2.38. The number of rotatable bonds is 3. The van der Waals surface area contributed by atoms with Gasteiger partial charge in [-0.25, -0.2) is 0 Å². The maximum atomic E-state index is 5.31. The molecule has 1 N–H and O–H groups in total. The van der Waals surface area contributed by atoms with Crippen molar-refractivity contribution in [2.75, 3.05) is 6.61 Å². The molecule has 0 amide bonds. The summed E-state index contributed by atoms with van der Waals surface area (Å²) >= 11 is 0. The number of hydrogen-bond acceptors (Lipinski definition) is 2. The molecule has 1 aromatic heterocycles. The lowest BCUT2D eigenvalue weighted by Crippen LogP contribution is -1.99. The first kappa shape index (κ1) is 7.28. The summed E-state index contributed by atoms with van der Waals surface area (Å²) in [7, 11) is 0. The van der Waals surface area contributed by atoms with Crippen molar-refractivity contribution in [3.63, 3.8) is 0 Å². The first-order valence-electron chi connectivity index (χ1n) is 3.45. The normalized spacial score (nSPS) is 13.4. The fourth-order valence-corrected chi connectivity index (χ4v) is 0.833. The van der Waals surface area contributed by atoms with Gasteiger partial charge in [0.05, 0.1) is 11.8 Å². The van der Waals surface area contributed by atoms with Gasteiger partial charge < -0.3 is 4.74 Å². The van der Waals surface area contributed by atoms with E-state index in [9.17, 15) is 0 Å². The molecule has 3 nitrogen and oxygen atoms in total. The van der Waals surface area contributed by atoms with Crippen LogP contribution in [0.15, 0.2) is 12.3 Å². The van der Waals surface area contributed by atoms with Crippen LogP contribution in [0.3, 0.4) is 0 Å². The molecule has 1 aromatic rings. The fraction of sp³-hybridized carbons (Fsp3) is 0.571. The summed E-state index contributed by atoms with van der Waals surface area (Å²) in [5, 5.41) is 6.67. The van der Waals surface area contributed by atoms with E-state index in [4.69, 9.17) is 4.74 Å². The summed E-state index contributed by atoms with van der Waals surface area (Å²) in [5.41, 5.74) is 1.03. The number of nitrogens with zero attached hydrogens (tertiary/aromatic N) is 1. The van der Waals surface area contributed by atoms with Crippen molar-refractivity contribution in [2.45, 2.75) is 20.0 Å². The molecule has 0 saturated heterocycles. The van der Waals surface area contributed by atoms with Gasteiger partial charge in [-0.3, -0.25) is 5.10 Å². The van der Waals surface area contributed by atoms with E-state index in [0.717, 1.165) is 12.3 Å². The maximum absolute atomic E-state index is 5.31. The molecule has 1 rings (SSSR count). The Bertz CT molecular complexity index is 172. The standard InChI is InChI=1S/C7H12N2O/c1-3-10-6(2)7-4-5-8-9-7/h4-6H,3H2,1-2H3,(H,8,9). The molecule has 3 heteroatoms. The Kier molecular flexibility index (Phi) is 2.45. The summed E-state index contributed by atoms with van der Waals surface area (Å²) < 4.78 is 5.31. The average molecular weight is 140 g/mol. The Labute approximate surface area is 60.4 Å². The molecule has 0 aromatic carbocycles. The Morgan fingerprint density at radius 2 is 2.60 bits per heavy atom. The molecule has 0 aliphatic carbocycles. The second kappa shape index (κ2) is 3.37. The predicted octanol–water partition coefficient (Wildman–Crippen LogP) is 1.51. The minimum atomic E-state index is 0.132. The largest absolute Gasteiger partial charge is 0.373 e. The highest BCUT2D eigenvalue weighted by Crippen LogP contribution is 2.11. The Balaban J connectivity index is 2.50. The van der Waals surface area contributed by atoms with Crippen LogP contribution in [0.25, 0.3) is 0 Å². The van der Waals surface area contributed by atoms with E-state index in [-0.39, 0.29) is 6.10 Å². The molecule has 0 radical (unpaired) electrons. The Hall–Kier alpha value is -0.830. The van der Waals surface area contributed by atoms with Crippen LogP contribution in [0.4, 0.5) is 0 Å². The summed E-state index contributed by atoms with van der Waals surface area (Å²) in [6, 6.07) is 1.92. The topological polar surface area (TPSA) is 37.9 Å². The lowest BCUT2D eigenvalue weighted by molar-refractivity contribution is 0.0733. The molecule has 0 aliphatic rings. The van der Waals surface area contributed by atoms with Crippen LogP contribution in [0.5, 0.6) is 0 Å². The molecule has 10 heavy (non-hydrogen) atoms. The van der Waals surface area contributed by atoms with Gasteiger partial charge >= 0.3 is 0 Å². The molecule has 0 fully saturated rings. The molecule has 56 valence electrons. The zero-order valence-corrected chi connectivity index (χ0v) is 6.29. The molecule has 0 bridgehead atoms. The lowest BCUT2D eigenvalue weighted by atomic mass is 10.3. The highest BCUT2D eigenvalue weighted by molar-refractivity contribution is 5.00. The third-order valence-electron chi connectivity index (χ3n) is 1.38. The van der Waals surface area contributed by atoms with Crippen molar-refractivity contribution in [2.24, 2.45) is 0 Å². The first-order chi connectivity index (χ1) is 4.84. The van der Waals surface area contributed by atoms with Crippen molar-refractivity contribution in [3.05, 3.63) is 18.0 Å². The Morgan fingerprint density at radius 3 is 3.10 bits per heavy atom. The third kappa shape index (κ3) is 1.57. The third-order valence-corrected chi connectivity index (χ3v) is 1.38. The summed E-state index contributed by atoms with van der Waals surface area (Å²) in [6.07, 6.45) is 1.86.